The Morgan fingerprint density at radius 3 is 2.48 bits per heavy atom. The van der Waals surface area contributed by atoms with Crippen molar-refractivity contribution in [2.24, 2.45) is 0 Å². The van der Waals surface area contributed by atoms with Crippen molar-refractivity contribution in [2.75, 3.05) is 11.4 Å². The van der Waals surface area contributed by atoms with E-state index in [-0.39, 0.29) is 22.2 Å². The first-order valence-corrected chi connectivity index (χ1v) is 7.56. The topological polar surface area (TPSA) is 63.5 Å². The third kappa shape index (κ3) is 3.51. The lowest BCUT2D eigenvalue weighted by Crippen LogP contribution is -2.31. The monoisotopic (exact) mass is 332 g/mol. The molecule has 0 heterocycles. The zero-order chi connectivity index (χ0) is 17.1. The Hall–Kier alpha value is -2.40. The van der Waals surface area contributed by atoms with Crippen LogP contribution in [0.3, 0.4) is 0 Å². The van der Waals surface area contributed by atoms with Crippen molar-refractivity contribution in [3.05, 3.63) is 68.2 Å². The maximum absolute atomic E-state index is 12.8. The summed E-state index contributed by atoms with van der Waals surface area (Å²) < 4.78 is 0. The van der Waals surface area contributed by atoms with Gasteiger partial charge in [0.25, 0.3) is 11.6 Å². The van der Waals surface area contributed by atoms with Gasteiger partial charge in [0, 0.05) is 24.4 Å². The van der Waals surface area contributed by atoms with Crippen molar-refractivity contribution in [1.82, 2.24) is 0 Å². The Kier molecular flexibility index (Phi) is 5.01. The molecule has 1 amide bonds. The molecule has 0 N–H and O–H groups in total. The molecule has 0 spiro atoms. The van der Waals surface area contributed by atoms with E-state index in [1.807, 2.05) is 39.0 Å². The predicted molar refractivity (Wildman–Crippen MR) is 91.4 cm³/mol. The summed E-state index contributed by atoms with van der Waals surface area (Å²) in [5, 5.41) is 10.9. The molecule has 23 heavy (non-hydrogen) atoms. The van der Waals surface area contributed by atoms with Gasteiger partial charge in [-0.3, -0.25) is 14.9 Å². The van der Waals surface area contributed by atoms with Crippen molar-refractivity contribution in [3.8, 4) is 0 Å². The molecule has 5 nitrogen and oxygen atoms in total. The summed E-state index contributed by atoms with van der Waals surface area (Å²) in [5.41, 5.74) is 2.95. The van der Waals surface area contributed by atoms with E-state index in [0.717, 1.165) is 16.8 Å². The molecular formula is C17H17ClN2O3. The van der Waals surface area contributed by atoms with Crippen molar-refractivity contribution in [3.63, 3.8) is 0 Å². The van der Waals surface area contributed by atoms with Crippen LogP contribution in [-0.2, 0) is 0 Å². The van der Waals surface area contributed by atoms with Gasteiger partial charge in [0.2, 0.25) is 0 Å². The molecule has 2 rings (SSSR count). The Labute approximate surface area is 139 Å². The summed E-state index contributed by atoms with van der Waals surface area (Å²) in [4.78, 5) is 24.7. The molecule has 0 aliphatic carbocycles. The number of anilines is 1. The molecule has 0 unspecified atom stereocenters. The maximum Gasteiger partial charge on any atom is 0.270 e. The molecule has 0 saturated carbocycles. The number of rotatable bonds is 4. The van der Waals surface area contributed by atoms with Crippen molar-refractivity contribution in [2.45, 2.75) is 20.8 Å². The molecule has 0 radical (unpaired) electrons. The molecule has 0 fully saturated rings. The molecule has 6 heteroatoms. The molecule has 0 atom stereocenters. The molecule has 0 bridgehead atoms. The number of halogens is 1. The largest absolute Gasteiger partial charge is 0.308 e. The zero-order valence-electron chi connectivity index (χ0n) is 13.2. The summed E-state index contributed by atoms with van der Waals surface area (Å²) in [5.74, 6) is -0.277. The summed E-state index contributed by atoms with van der Waals surface area (Å²) >= 11 is 6.08. The molecule has 2 aromatic rings. The van der Waals surface area contributed by atoms with Gasteiger partial charge in [0.1, 0.15) is 0 Å². The number of carbonyl (C=O) groups is 1. The highest BCUT2D eigenvalue weighted by molar-refractivity contribution is 6.34. The van der Waals surface area contributed by atoms with Gasteiger partial charge in [-0.2, -0.15) is 0 Å². The lowest BCUT2D eigenvalue weighted by atomic mass is 10.1. The van der Waals surface area contributed by atoms with E-state index in [0.29, 0.717) is 6.54 Å². The quantitative estimate of drug-likeness (QED) is 0.610. The van der Waals surface area contributed by atoms with Crippen molar-refractivity contribution in [1.29, 1.82) is 0 Å². The number of non-ortho nitro benzene ring substituents is 1. The predicted octanol–water partition coefficient (Wildman–Crippen LogP) is 4.53. The highest BCUT2D eigenvalue weighted by Crippen LogP contribution is 2.27. The number of aryl methyl sites for hydroxylation is 2. The average Bonchev–Trinajstić information content (AvgIpc) is 2.51. The second-order valence-electron chi connectivity index (χ2n) is 5.26. The summed E-state index contributed by atoms with van der Waals surface area (Å²) in [7, 11) is 0. The van der Waals surface area contributed by atoms with Gasteiger partial charge >= 0.3 is 0 Å². The number of carbonyl (C=O) groups excluding carboxylic acids is 1. The fourth-order valence-electron chi connectivity index (χ4n) is 2.37. The number of hydrogen-bond acceptors (Lipinski definition) is 3. The minimum atomic E-state index is -0.539. The molecule has 0 saturated heterocycles. The third-order valence-electron chi connectivity index (χ3n) is 3.61. The lowest BCUT2D eigenvalue weighted by molar-refractivity contribution is -0.384. The van der Waals surface area contributed by atoms with Crippen molar-refractivity contribution < 1.29 is 9.72 Å². The van der Waals surface area contributed by atoms with Crippen LogP contribution in [0.1, 0.15) is 28.4 Å². The van der Waals surface area contributed by atoms with Crippen LogP contribution in [0, 0.1) is 24.0 Å². The van der Waals surface area contributed by atoms with Gasteiger partial charge in [-0.1, -0.05) is 23.7 Å². The Balaban J connectivity index is 2.45. The van der Waals surface area contributed by atoms with Crippen LogP contribution < -0.4 is 4.90 Å². The van der Waals surface area contributed by atoms with Crippen LogP contribution in [0.15, 0.2) is 36.4 Å². The smallest absolute Gasteiger partial charge is 0.270 e. The van der Waals surface area contributed by atoms with Crippen LogP contribution in [0.2, 0.25) is 5.02 Å². The van der Waals surface area contributed by atoms with E-state index in [9.17, 15) is 14.9 Å². The first kappa shape index (κ1) is 17.0. The van der Waals surface area contributed by atoms with Crippen molar-refractivity contribution >= 4 is 28.9 Å². The average molecular weight is 333 g/mol. The van der Waals surface area contributed by atoms with Crippen LogP contribution in [-0.4, -0.2) is 17.4 Å². The highest BCUT2D eigenvalue weighted by atomic mass is 35.5. The number of benzene rings is 2. The lowest BCUT2D eigenvalue weighted by Gasteiger charge is -2.24. The number of nitro groups is 1. The molecule has 0 aliphatic rings. The van der Waals surface area contributed by atoms with E-state index in [4.69, 9.17) is 11.6 Å². The van der Waals surface area contributed by atoms with Gasteiger partial charge in [-0.05, 0) is 44.0 Å². The Morgan fingerprint density at radius 1 is 1.22 bits per heavy atom. The van der Waals surface area contributed by atoms with E-state index < -0.39 is 4.92 Å². The van der Waals surface area contributed by atoms with Gasteiger partial charge in [-0.25, -0.2) is 0 Å². The van der Waals surface area contributed by atoms with E-state index >= 15 is 0 Å². The number of nitro benzene ring substituents is 1. The number of amides is 1. The zero-order valence-corrected chi connectivity index (χ0v) is 13.9. The highest BCUT2D eigenvalue weighted by Gasteiger charge is 2.21. The maximum atomic E-state index is 12.8. The SMILES string of the molecule is CCN(C(=O)c1ccc([N+](=O)[O-])cc1Cl)c1cc(C)ccc1C. The van der Waals surface area contributed by atoms with E-state index in [1.165, 1.54) is 18.2 Å². The first-order valence-electron chi connectivity index (χ1n) is 7.18. The molecule has 0 aromatic heterocycles. The number of hydrogen-bond donors (Lipinski definition) is 0. The minimum Gasteiger partial charge on any atom is -0.308 e. The third-order valence-corrected chi connectivity index (χ3v) is 3.92. The standard InChI is InChI=1S/C17H17ClN2O3/c1-4-19(16-9-11(2)5-6-12(16)3)17(21)14-8-7-13(20(22)23)10-15(14)18/h5-10H,4H2,1-3H3. The molecule has 0 aliphatic heterocycles. The Morgan fingerprint density at radius 2 is 1.91 bits per heavy atom. The first-order chi connectivity index (χ1) is 10.8. The van der Waals surface area contributed by atoms with Gasteiger partial charge < -0.3 is 4.90 Å². The second-order valence-corrected chi connectivity index (χ2v) is 5.67. The van der Waals surface area contributed by atoms with Gasteiger partial charge in [-0.15, -0.1) is 0 Å². The summed E-state index contributed by atoms with van der Waals surface area (Å²) in [6, 6.07) is 9.77. The summed E-state index contributed by atoms with van der Waals surface area (Å²) in [6.07, 6.45) is 0. The number of nitrogens with zero attached hydrogens (tertiary/aromatic N) is 2. The Bertz CT molecular complexity index is 774. The van der Waals surface area contributed by atoms with E-state index in [1.54, 1.807) is 4.90 Å². The fourth-order valence-corrected chi connectivity index (χ4v) is 2.63. The second kappa shape index (κ2) is 6.79. The van der Waals surface area contributed by atoms with E-state index in [2.05, 4.69) is 0 Å². The van der Waals surface area contributed by atoms with Crippen LogP contribution in [0.5, 0.6) is 0 Å². The normalized spacial score (nSPS) is 10.4. The fraction of sp³-hybridized carbons (Fsp3) is 0.235. The van der Waals surface area contributed by atoms with Crippen LogP contribution in [0.4, 0.5) is 11.4 Å². The molecule has 2 aromatic carbocycles. The minimum absolute atomic E-state index is 0.0768. The van der Waals surface area contributed by atoms with Crippen LogP contribution >= 0.6 is 11.6 Å². The molecule has 120 valence electrons. The van der Waals surface area contributed by atoms with Crippen LogP contribution in [0.25, 0.3) is 0 Å². The summed E-state index contributed by atoms with van der Waals surface area (Å²) in [6.45, 7) is 6.23. The van der Waals surface area contributed by atoms with Gasteiger partial charge in [0.15, 0.2) is 0 Å². The van der Waals surface area contributed by atoms with Gasteiger partial charge in [0.05, 0.1) is 15.5 Å². The molecular weight excluding hydrogens is 316 g/mol.